The SMILES string of the molecule is [AsH2]c1cccc2ccccc12. The summed E-state index contributed by atoms with van der Waals surface area (Å²) in [6.07, 6.45) is 0. The van der Waals surface area contributed by atoms with Crippen LogP contribution in [0.4, 0.5) is 0 Å². The van der Waals surface area contributed by atoms with Crippen molar-refractivity contribution in [3.8, 4) is 0 Å². The van der Waals surface area contributed by atoms with Crippen LogP contribution in [-0.2, 0) is 0 Å². The second-order valence-electron chi connectivity index (χ2n) is 2.57. The van der Waals surface area contributed by atoms with Crippen LogP contribution >= 0.6 is 0 Å². The Morgan fingerprint density at radius 3 is 2.36 bits per heavy atom. The number of hydrogen-bond acceptors (Lipinski definition) is 0. The van der Waals surface area contributed by atoms with Gasteiger partial charge >= 0.3 is 74.4 Å². The zero-order valence-corrected chi connectivity index (χ0v) is 8.54. The molecule has 0 saturated heterocycles. The van der Waals surface area contributed by atoms with E-state index in [0.29, 0.717) is 0 Å². The van der Waals surface area contributed by atoms with E-state index in [9.17, 15) is 0 Å². The van der Waals surface area contributed by atoms with Crippen molar-refractivity contribution in [1.82, 2.24) is 0 Å². The molecule has 2 aromatic rings. The molecule has 0 nitrogen and oxygen atoms in total. The minimum absolute atomic E-state index is 1.34. The van der Waals surface area contributed by atoms with Crippen LogP contribution in [0.5, 0.6) is 0 Å². The van der Waals surface area contributed by atoms with Crippen molar-refractivity contribution in [2.75, 3.05) is 0 Å². The van der Waals surface area contributed by atoms with E-state index in [1.807, 2.05) is 0 Å². The zero-order valence-electron chi connectivity index (χ0n) is 6.12. The Bertz CT molecular complexity index is 374. The minimum atomic E-state index is 1.34. The van der Waals surface area contributed by atoms with Crippen LogP contribution in [-0.4, -0.2) is 16.9 Å². The van der Waals surface area contributed by atoms with Gasteiger partial charge in [-0.3, -0.25) is 0 Å². The molecule has 0 saturated carbocycles. The summed E-state index contributed by atoms with van der Waals surface area (Å²) in [6, 6.07) is 14.9. The van der Waals surface area contributed by atoms with Gasteiger partial charge in [-0.15, -0.1) is 0 Å². The van der Waals surface area contributed by atoms with Gasteiger partial charge < -0.3 is 0 Å². The number of hydrogen-bond donors (Lipinski definition) is 0. The third kappa shape index (κ3) is 1.19. The average Bonchev–Trinajstić information content (AvgIpc) is 2.06. The van der Waals surface area contributed by atoms with Gasteiger partial charge in [0.2, 0.25) is 0 Å². The van der Waals surface area contributed by atoms with Gasteiger partial charge in [0.25, 0.3) is 0 Å². The topological polar surface area (TPSA) is 0 Å². The predicted molar refractivity (Wildman–Crippen MR) is 52.1 cm³/mol. The van der Waals surface area contributed by atoms with E-state index < -0.39 is 0 Å². The molecule has 0 radical (unpaired) electrons. The monoisotopic (exact) mass is 204 g/mol. The maximum atomic E-state index is 2.17. The van der Waals surface area contributed by atoms with Gasteiger partial charge in [-0.25, -0.2) is 0 Å². The molecule has 11 heavy (non-hydrogen) atoms. The van der Waals surface area contributed by atoms with Gasteiger partial charge in [-0.1, -0.05) is 0 Å². The molecule has 0 bridgehead atoms. The summed E-state index contributed by atoms with van der Waals surface area (Å²) >= 11 is 1.69. The second-order valence-corrected chi connectivity index (χ2v) is 3.87. The summed E-state index contributed by atoms with van der Waals surface area (Å²) in [5.41, 5.74) is 0. The molecule has 0 fully saturated rings. The van der Waals surface area contributed by atoms with E-state index in [4.69, 9.17) is 0 Å². The molecular formula is C10H9As. The fourth-order valence-corrected chi connectivity index (χ4v) is 2.04. The molecule has 0 aromatic heterocycles. The summed E-state index contributed by atoms with van der Waals surface area (Å²) in [6.45, 7) is 0. The molecule has 0 N–H and O–H groups in total. The Morgan fingerprint density at radius 2 is 1.55 bits per heavy atom. The van der Waals surface area contributed by atoms with Crippen molar-refractivity contribution in [3.05, 3.63) is 42.5 Å². The molecule has 2 rings (SSSR count). The number of benzene rings is 2. The predicted octanol–water partition coefficient (Wildman–Crippen LogP) is 1.10. The first-order valence-electron chi connectivity index (χ1n) is 3.61. The molecule has 0 aliphatic rings. The summed E-state index contributed by atoms with van der Waals surface area (Å²) < 4.78 is 1.41. The van der Waals surface area contributed by atoms with Crippen molar-refractivity contribution in [1.29, 1.82) is 0 Å². The Hall–Kier alpha value is -0.742. The summed E-state index contributed by atoms with van der Waals surface area (Å²) in [4.78, 5) is 0. The molecule has 0 aliphatic heterocycles. The van der Waals surface area contributed by atoms with Crippen LogP contribution in [0.15, 0.2) is 42.5 Å². The Balaban J connectivity index is 2.91. The van der Waals surface area contributed by atoms with Gasteiger partial charge in [0.1, 0.15) is 0 Å². The fourth-order valence-electron chi connectivity index (χ4n) is 1.25. The van der Waals surface area contributed by atoms with Crippen LogP contribution in [0.2, 0.25) is 0 Å². The molecular weight excluding hydrogens is 195 g/mol. The Labute approximate surface area is 74.7 Å². The molecule has 0 heterocycles. The van der Waals surface area contributed by atoms with Crippen molar-refractivity contribution in [2.45, 2.75) is 0 Å². The van der Waals surface area contributed by atoms with E-state index >= 15 is 0 Å². The van der Waals surface area contributed by atoms with Crippen molar-refractivity contribution in [2.24, 2.45) is 0 Å². The summed E-state index contributed by atoms with van der Waals surface area (Å²) in [7, 11) is 0. The summed E-state index contributed by atoms with van der Waals surface area (Å²) in [5, 5.41) is 2.73. The molecule has 2 aromatic carbocycles. The van der Waals surface area contributed by atoms with E-state index in [1.165, 1.54) is 15.1 Å². The fraction of sp³-hybridized carbons (Fsp3) is 0. The zero-order chi connectivity index (χ0) is 7.68. The van der Waals surface area contributed by atoms with E-state index in [2.05, 4.69) is 42.5 Å². The Kier molecular flexibility index (Phi) is 1.71. The van der Waals surface area contributed by atoms with Crippen LogP contribution in [0.1, 0.15) is 0 Å². The van der Waals surface area contributed by atoms with Crippen LogP contribution in [0.25, 0.3) is 10.8 Å². The molecule has 0 amide bonds. The van der Waals surface area contributed by atoms with Gasteiger partial charge in [0.15, 0.2) is 0 Å². The molecule has 1 heteroatoms. The second kappa shape index (κ2) is 2.71. The first-order chi connectivity index (χ1) is 5.38. The van der Waals surface area contributed by atoms with Gasteiger partial charge in [-0.05, 0) is 0 Å². The van der Waals surface area contributed by atoms with E-state index in [-0.39, 0.29) is 0 Å². The van der Waals surface area contributed by atoms with Crippen molar-refractivity contribution < 1.29 is 0 Å². The maximum absolute atomic E-state index is 2.17. The number of rotatable bonds is 0. The van der Waals surface area contributed by atoms with Crippen molar-refractivity contribution in [3.63, 3.8) is 0 Å². The number of fused-ring (bicyclic) bond motifs is 1. The average molecular weight is 204 g/mol. The third-order valence-electron chi connectivity index (χ3n) is 1.82. The molecule has 54 valence electrons. The molecule has 1 unspecified atom stereocenters. The Morgan fingerprint density at radius 1 is 0.818 bits per heavy atom. The standard InChI is InChI=1S/C10H9As/c11-10-7-3-5-8-4-1-2-6-9(8)10/h1-7H,11H2. The van der Waals surface area contributed by atoms with Crippen LogP contribution in [0.3, 0.4) is 0 Å². The summed E-state index contributed by atoms with van der Waals surface area (Å²) in [5.74, 6) is 0. The molecule has 1 atom stereocenters. The van der Waals surface area contributed by atoms with Gasteiger partial charge in [0, 0.05) is 0 Å². The first-order valence-corrected chi connectivity index (χ1v) is 4.82. The normalized spacial score (nSPS) is 10.3. The molecule has 0 aliphatic carbocycles. The van der Waals surface area contributed by atoms with Crippen molar-refractivity contribution >= 4 is 32.0 Å². The van der Waals surface area contributed by atoms with Crippen LogP contribution < -0.4 is 4.35 Å². The van der Waals surface area contributed by atoms with Gasteiger partial charge in [-0.2, -0.15) is 0 Å². The first kappa shape index (κ1) is 6.94. The quantitative estimate of drug-likeness (QED) is 0.563. The van der Waals surface area contributed by atoms with E-state index in [1.54, 1.807) is 16.9 Å². The van der Waals surface area contributed by atoms with E-state index in [0.717, 1.165) is 0 Å². The third-order valence-corrected chi connectivity index (χ3v) is 2.88. The molecule has 0 spiro atoms. The van der Waals surface area contributed by atoms with Crippen LogP contribution in [0, 0.1) is 0 Å². The van der Waals surface area contributed by atoms with Gasteiger partial charge in [0.05, 0.1) is 0 Å².